The van der Waals surface area contributed by atoms with E-state index < -0.39 is 18.3 Å². The van der Waals surface area contributed by atoms with Gasteiger partial charge in [0.25, 0.3) is 0 Å². The summed E-state index contributed by atoms with van der Waals surface area (Å²) >= 11 is 0. The number of anilines is 2. The van der Waals surface area contributed by atoms with Gasteiger partial charge in [0.2, 0.25) is 11.9 Å². The van der Waals surface area contributed by atoms with Crippen LogP contribution in [0.1, 0.15) is 32.0 Å². The molecule has 7 nitrogen and oxygen atoms in total. The highest BCUT2D eigenvalue weighted by Crippen LogP contribution is 2.27. The molecule has 3 N–H and O–H groups in total. The topological polar surface area (TPSA) is 92.2 Å². The number of nitrogens with zero attached hydrogens (tertiary/aromatic N) is 3. The molecule has 0 saturated carbocycles. The average molecular weight is 359 g/mol. The third kappa shape index (κ3) is 4.57. The summed E-state index contributed by atoms with van der Waals surface area (Å²) < 4.78 is 43.5. The Balaban J connectivity index is 1.87. The van der Waals surface area contributed by atoms with Crippen molar-refractivity contribution >= 4 is 17.5 Å². The maximum Gasteiger partial charge on any atom is 0.408 e. The number of halogens is 3. The Hall–Kier alpha value is -1.94. The fourth-order valence-electron chi connectivity index (χ4n) is 2.51. The van der Waals surface area contributed by atoms with Crippen LogP contribution in [-0.4, -0.2) is 57.6 Å². The van der Waals surface area contributed by atoms with Crippen LogP contribution in [-0.2, 0) is 4.74 Å². The van der Waals surface area contributed by atoms with Gasteiger partial charge in [0.1, 0.15) is 6.04 Å². The first kappa shape index (κ1) is 17.9. The number of rotatable bonds is 5. The molecule has 2 aliphatic rings. The molecule has 1 aliphatic carbocycles. The number of hydrogen-bond donors (Lipinski definition) is 3. The lowest BCUT2D eigenvalue weighted by atomic mass is 9.97. The van der Waals surface area contributed by atoms with E-state index in [0.717, 1.165) is 13.3 Å². The lowest BCUT2D eigenvalue weighted by molar-refractivity contribution is -0.138. The normalized spacial score (nSPS) is 22.8. The lowest BCUT2D eigenvalue weighted by Crippen LogP contribution is -2.41. The molecule has 0 radical (unpaired) electrons. The summed E-state index contributed by atoms with van der Waals surface area (Å²) in [6.07, 6.45) is -1.30. The number of alkyl halides is 3. The standard InChI is InChI=1S/C15H20F3N5O2/c1-8(15(16,17)18)19-13-21-12(9-3-2-4-11(24)5-9)22-14(23-13)20-10-6-25-7-10/h5,8,10-11,24H,2-4,6-7H2,1H3,(H2,19,20,21,22,23)/t8-,11?/m1/s1. The van der Waals surface area contributed by atoms with E-state index in [-0.39, 0.29) is 23.8 Å². The zero-order valence-corrected chi connectivity index (χ0v) is 13.7. The molecule has 1 aromatic heterocycles. The van der Waals surface area contributed by atoms with Crippen molar-refractivity contribution in [3.05, 3.63) is 11.9 Å². The van der Waals surface area contributed by atoms with Gasteiger partial charge in [-0.2, -0.15) is 28.1 Å². The second-order valence-corrected chi connectivity index (χ2v) is 6.24. The zero-order chi connectivity index (χ0) is 18.0. The van der Waals surface area contributed by atoms with Crippen molar-refractivity contribution in [1.82, 2.24) is 15.0 Å². The molecule has 1 saturated heterocycles. The summed E-state index contributed by atoms with van der Waals surface area (Å²) in [6.45, 7) is 1.98. The third-order valence-electron chi connectivity index (χ3n) is 4.07. The summed E-state index contributed by atoms with van der Waals surface area (Å²) in [6, 6.07) is -1.78. The average Bonchev–Trinajstić information content (AvgIpc) is 2.50. The van der Waals surface area contributed by atoms with Gasteiger partial charge in [-0.3, -0.25) is 0 Å². The second kappa shape index (κ2) is 7.12. The Morgan fingerprint density at radius 2 is 1.96 bits per heavy atom. The van der Waals surface area contributed by atoms with E-state index in [4.69, 9.17) is 4.74 Å². The minimum absolute atomic E-state index is 0.0223. The first-order valence-corrected chi connectivity index (χ1v) is 8.14. The van der Waals surface area contributed by atoms with E-state index in [2.05, 4.69) is 25.6 Å². The molecule has 0 spiro atoms. The summed E-state index contributed by atoms with van der Waals surface area (Å²) in [5.74, 6) is 0.308. The minimum atomic E-state index is -4.41. The highest BCUT2D eigenvalue weighted by atomic mass is 19.4. The fourth-order valence-corrected chi connectivity index (χ4v) is 2.51. The van der Waals surface area contributed by atoms with Crippen molar-refractivity contribution in [3.8, 4) is 0 Å². The highest BCUT2D eigenvalue weighted by Gasteiger charge is 2.36. The quantitative estimate of drug-likeness (QED) is 0.740. The molecule has 0 amide bonds. The smallest absolute Gasteiger partial charge is 0.389 e. The van der Waals surface area contributed by atoms with Crippen molar-refractivity contribution in [3.63, 3.8) is 0 Å². The van der Waals surface area contributed by atoms with Crippen LogP contribution in [0, 0.1) is 0 Å². The van der Waals surface area contributed by atoms with Gasteiger partial charge >= 0.3 is 6.18 Å². The van der Waals surface area contributed by atoms with Gasteiger partial charge in [0.15, 0.2) is 5.82 Å². The van der Waals surface area contributed by atoms with Crippen molar-refractivity contribution in [2.45, 2.75) is 50.6 Å². The van der Waals surface area contributed by atoms with E-state index in [1.165, 1.54) is 0 Å². The summed E-state index contributed by atoms with van der Waals surface area (Å²) in [5.41, 5.74) is 0.705. The van der Waals surface area contributed by atoms with E-state index in [9.17, 15) is 18.3 Å². The largest absolute Gasteiger partial charge is 0.408 e. The van der Waals surface area contributed by atoms with Crippen LogP contribution in [0.15, 0.2) is 6.08 Å². The minimum Gasteiger partial charge on any atom is -0.389 e. The summed E-state index contributed by atoms with van der Waals surface area (Å²) in [5, 5.41) is 15.1. The zero-order valence-electron chi connectivity index (χ0n) is 13.7. The predicted molar refractivity (Wildman–Crippen MR) is 85.0 cm³/mol. The Morgan fingerprint density at radius 1 is 1.24 bits per heavy atom. The number of aliphatic hydroxyl groups is 1. The highest BCUT2D eigenvalue weighted by molar-refractivity contribution is 5.63. The second-order valence-electron chi connectivity index (χ2n) is 6.24. The van der Waals surface area contributed by atoms with Gasteiger partial charge in [-0.1, -0.05) is 0 Å². The Labute approximate surface area is 142 Å². The number of nitrogens with one attached hydrogen (secondary N) is 2. The third-order valence-corrected chi connectivity index (χ3v) is 4.07. The van der Waals surface area contributed by atoms with Gasteiger partial charge in [0.05, 0.1) is 25.4 Å². The molecule has 2 heterocycles. The van der Waals surface area contributed by atoms with Crippen LogP contribution < -0.4 is 10.6 Å². The van der Waals surface area contributed by atoms with Crippen molar-refractivity contribution in [2.24, 2.45) is 0 Å². The van der Waals surface area contributed by atoms with E-state index in [1.54, 1.807) is 6.08 Å². The van der Waals surface area contributed by atoms with Gasteiger partial charge in [0, 0.05) is 0 Å². The van der Waals surface area contributed by atoms with Gasteiger partial charge < -0.3 is 20.5 Å². The van der Waals surface area contributed by atoms with E-state index in [0.29, 0.717) is 31.6 Å². The monoisotopic (exact) mass is 359 g/mol. The van der Waals surface area contributed by atoms with Gasteiger partial charge in [-0.05, 0) is 37.8 Å². The molecule has 1 fully saturated rings. The maximum absolute atomic E-state index is 12.8. The molecular weight excluding hydrogens is 339 g/mol. The molecule has 0 aromatic carbocycles. The molecule has 25 heavy (non-hydrogen) atoms. The summed E-state index contributed by atoms with van der Waals surface area (Å²) in [4.78, 5) is 12.4. The van der Waals surface area contributed by atoms with Crippen molar-refractivity contribution in [1.29, 1.82) is 0 Å². The van der Waals surface area contributed by atoms with Crippen LogP contribution >= 0.6 is 0 Å². The maximum atomic E-state index is 12.8. The number of aromatic nitrogens is 3. The van der Waals surface area contributed by atoms with Crippen molar-refractivity contribution in [2.75, 3.05) is 23.8 Å². The molecule has 138 valence electrons. The Bertz CT molecular complexity index is 649. The Kier molecular flexibility index (Phi) is 5.09. The van der Waals surface area contributed by atoms with E-state index >= 15 is 0 Å². The van der Waals surface area contributed by atoms with Crippen molar-refractivity contribution < 1.29 is 23.0 Å². The summed E-state index contributed by atoms with van der Waals surface area (Å²) in [7, 11) is 0. The molecule has 2 atom stereocenters. The number of allylic oxidation sites excluding steroid dienone is 1. The first-order valence-electron chi connectivity index (χ1n) is 8.14. The van der Waals surface area contributed by atoms with Crippen LogP contribution in [0.4, 0.5) is 25.1 Å². The number of ether oxygens (including phenoxy) is 1. The molecule has 1 unspecified atom stereocenters. The van der Waals surface area contributed by atoms with Crippen LogP contribution in [0.5, 0.6) is 0 Å². The lowest BCUT2D eigenvalue weighted by Gasteiger charge is -2.27. The van der Waals surface area contributed by atoms with Gasteiger partial charge in [-0.15, -0.1) is 0 Å². The van der Waals surface area contributed by atoms with Crippen LogP contribution in [0.3, 0.4) is 0 Å². The molecule has 3 rings (SSSR count). The number of hydrogen-bond acceptors (Lipinski definition) is 7. The SMILES string of the molecule is C[C@@H](Nc1nc(NC2COC2)nc(C2=CC(O)CCC2)n1)C(F)(F)F. The van der Waals surface area contributed by atoms with Crippen LogP contribution in [0.25, 0.3) is 5.57 Å². The molecule has 10 heteroatoms. The number of aliphatic hydroxyl groups excluding tert-OH is 1. The Morgan fingerprint density at radius 3 is 2.56 bits per heavy atom. The van der Waals surface area contributed by atoms with Crippen LogP contribution in [0.2, 0.25) is 0 Å². The molecule has 1 aromatic rings. The predicted octanol–water partition coefficient (Wildman–Crippen LogP) is 1.97. The fraction of sp³-hybridized carbons (Fsp3) is 0.667. The first-order chi connectivity index (χ1) is 11.8. The molecule has 0 bridgehead atoms. The molecule has 1 aliphatic heterocycles. The molecular formula is C15H20F3N5O2. The van der Waals surface area contributed by atoms with Gasteiger partial charge in [-0.25, -0.2) is 0 Å². The van der Waals surface area contributed by atoms with E-state index in [1.807, 2.05) is 0 Å².